The van der Waals surface area contributed by atoms with E-state index in [4.69, 9.17) is 34.0 Å². The summed E-state index contributed by atoms with van der Waals surface area (Å²) < 4.78 is 39.5. The number of nitrogens with one attached hydrogen (secondary N) is 1. The average Bonchev–Trinajstić information content (AvgIpc) is 3.62. The van der Waals surface area contributed by atoms with Crippen LogP contribution in [0.1, 0.15) is 109 Å². The summed E-state index contributed by atoms with van der Waals surface area (Å²) in [4.78, 5) is 64.1. The van der Waals surface area contributed by atoms with E-state index in [0.29, 0.717) is 70.4 Å². The topological polar surface area (TPSA) is 191 Å². The highest BCUT2D eigenvalue weighted by Crippen LogP contribution is 2.41. The number of hydrogen-bond donors (Lipinski definition) is 1. The van der Waals surface area contributed by atoms with Gasteiger partial charge in [0.1, 0.15) is 12.0 Å². The molecule has 1 amide bonds. The zero-order valence-corrected chi connectivity index (χ0v) is 42.4. The van der Waals surface area contributed by atoms with Crippen LogP contribution in [-0.2, 0) is 51.1 Å². The molecule has 0 aromatic heterocycles. The third kappa shape index (κ3) is 12.9. The maximum absolute atomic E-state index is 15.0. The molecule has 13 atom stereocenters. The molecule has 380 valence electrons. The average molecular weight is 967 g/mol. The van der Waals surface area contributed by atoms with Crippen molar-refractivity contribution in [2.75, 3.05) is 26.7 Å². The lowest BCUT2D eigenvalue weighted by molar-refractivity contribution is -0.296. The molecule has 3 aromatic carbocycles. The van der Waals surface area contributed by atoms with Crippen LogP contribution in [0.15, 0.2) is 96.1 Å². The molecule has 0 aliphatic carbocycles. The first-order chi connectivity index (χ1) is 33.5. The number of carbonyl (C=O) groups is 4. The number of esters is 2. The Morgan fingerprint density at radius 3 is 2.11 bits per heavy atom. The number of fused-ring (bicyclic) bond motifs is 1. The van der Waals surface area contributed by atoms with Gasteiger partial charge >= 0.3 is 18.0 Å². The number of azide groups is 1. The fraction of sp³-hybridized carbons (Fsp3) is 0.593. The van der Waals surface area contributed by atoms with Gasteiger partial charge in [0.05, 0.1) is 35.5 Å². The Balaban J connectivity index is 1.39. The van der Waals surface area contributed by atoms with Gasteiger partial charge in [-0.1, -0.05) is 105 Å². The lowest BCUT2D eigenvalue weighted by Gasteiger charge is -2.48. The van der Waals surface area contributed by atoms with Crippen LogP contribution in [0.5, 0.6) is 0 Å². The van der Waals surface area contributed by atoms with Crippen LogP contribution >= 0.6 is 0 Å². The molecule has 0 bridgehead atoms. The van der Waals surface area contributed by atoms with Gasteiger partial charge in [0.15, 0.2) is 23.8 Å². The second-order valence-electron chi connectivity index (χ2n) is 19.9. The highest BCUT2D eigenvalue weighted by molar-refractivity contribution is 6.00. The normalized spacial score (nSPS) is 32.2. The number of benzene rings is 3. The fourth-order valence-electron chi connectivity index (χ4n) is 10.8. The minimum absolute atomic E-state index is 0.0948. The summed E-state index contributed by atoms with van der Waals surface area (Å²) >= 11 is 0. The summed E-state index contributed by atoms with van der Waals surface area (Å²) in [5.74, 6) is -4.08. The first-order valence-corrected chi connectivity index (χ1v) is 24.9. The Kier molecular flexibility index (Phi) is 19.0. The third-order valence-corrected chi connectivity index (χ3v) is 14.5. The molecule has 1 N–H and O–H groups in total. The SMILES string of the molecule is CC[C@H]1OC(=O)[C@H](C)C(=O)[C@H](C)[C@@H](O[C@@H]2OC(C)CC(N(Cc3ccccc3)Cc3ccccc3)C2OC(=O)c2ccccc2)[C@](C)(OC)C[C@@H](C)CN[C@H](C)[C@H]2N(CCCCN=[N+]=[N-])C(=O)O[C@]12C. The molecular formula is C54H74N6O10. The van der Waals surface area contributed by atoms with Crippen molar-refractivity contribution >= 4 is 23.8 Å². The van der Waals surface area contributed by atoms with E-state index < -0.39 is 83.5 Å². The molecule has 3 aromatic rings. The summed E-state index contributed by atoms with van der Waals surface area (Å²) in [6.07, 6.45) is -2.69. The lowest BCUT2D eigenvalue weighted by Crippen LogP contribution is -2.61. The summed E-state index contributed by atoms with van der Waals surface area (Å²) in [6.45, 7) is 17.0. The minimum Gasteiger partial charge on any atom is -0.458 e. The van der Waals surface area contributed by atoms with Crippen LogP contribution in [0.25, 0.3) is 10.4 Å². The highest BCUT2D eigenvalue weighted by atomic mass is 16.7. The minimum atomic E-state index is -1.28. The van der Waals surface area contributed by atoms with Crippen molar-refractivity contribution in [3.05, 3.63) is 118 Å². The van der Waals surface area contributed by atoms with Crippen molar-refractivity contribution in [3.8, 4) is 0 Å². The number of hydrogen-bond acceptors (Lipinski definition) is 13. The van der Waals surface area contributed by atoms with Crippen LogP contribution in [0.3, 0.4) is 0 Å². The fourth-order valence-corrected chi connectivity index (χ4v) is 10.8. The maximum Gasteiger partial charge on any atom is 0.410 e. The van der Waals surface area contributed by atoms with Crippen LogP contribution in [-0.4, -0.2) is 120 Å². The smallest absolute Gasteiger partial charge is 0.410 e. The number of unbranched alkanes of at least 4 members (excludes halogenated alkanes) is 1. The molecule has 0 radical (unpaired) electrons. The van der Waals surface area contributed by atoms with E-state index in [1.807, 2.05) is 70.2 Å². The van der Waals surface area contributed by atoms with E-state index in [9.17, 15) is 19.2 Å². The van der Waals surface area contributed by atoms with Crippen LogP contribution in [0.4, 0.5) is 4.79 Å². The number of carbonyl (C=O) groups excluding carboxylic acids is 4. The molecule has 6 rings (SSSR count). The molecule has 0 spiro atoms. The zero-order valence-electron chi connectivity index (χ0n) is 42.4. The van der Waals surface area contributed by atoms with Crippen molar-refractivity contribution < 1.29 is 47.6 Å². The second-order valence-corrected chi connectivity index (χ2v) is 19.9. The molecule has 3 unspecified atom stereocenters. The molecule has 3 heterocycles. The van der Waals surface area contributed by atoms with Gasteiger partial charge in [0.25, 0.3) is 0 Å². The van der Waals surface area contributed by atoms with E-state index in [0.717, 1.165) is 11.1 Å². The van der Waals surface area contributed by atoms with Crippen molar-refractivity contribution in [3.63, 3.8) is 0 Å². The monoisotopic (exact) mass is 967 g/mol. The molecule has 3 saturated heterocycles. The van der Waals surface area contributed by atoms with Gasteiger partial charge in [-0.2, -0.15) is 0 Å². The van der Waals surface area contributed by atoms with Crippen molar-refractivity contribution in [1.29, 1.82) is 0 Å². The zero-order chi connectivity index (χ0) is 50.6. The quantitative estimate of drug-likeness (QED) is 0.0273. The number of methoxy groups -OCH3 is 1. The number of nitrogens with zero attached hydrogens (tertiary/aromatic N) is 5. The lowest BCUT2D eigenvalue weighted by atomic mass is 9.78. The van der Waals surface area contributed by atoms with Crippen LogP contribution < -0.4 is 5.32 Å². The largest absolute Gasteiger partial charge is 0.458 e. The summed E-state index contributed by atoms with van der Waals surface area (Å²) in [7, 11) is 1.59. The van der Waals surface area contributed by atoms with Crippen molar-refractivity contribution in [1.82, 2.24) is 15.1 Å². The van der Waals surface area contributed by atoms with Gasteiger partial charge in [0, 0.05) is 50.2 Å². The summed E-state index contributed by atoms with van der Waals surface area (Å²) in [5.41, 5.74) is 8.85. The van der Waals surface area contributed by atoms with Gasteiger partial charge in [-0.05, 0) is 108 Å². The Morgan fingerprint density at radius 2 is 1.53 bits per heavy atom. The molecule has 3 aliphatic rings. The molecule has 3 fully saturated rings. The third-order valence-electron chi connectivity index (χ3n) is 14.5. The second kappa shape index (κ2) is 24.7. The van der Waals surface area contributed by atoms with Crippen LogP contribution in [0.2, 0.25) is 0 Å². The van der Waals surface area contributed by atoms with E-state index in [1.165, 1.54) is 6.92 Å². The molecule has 0 saturated carbocycles. The maximum atomic E-state index is 15.0. The number of ether oxygens (including phenoxy) is 6. The van der Waals surface area contributed by atoms with Crippen LogP contribution in [0, 0.1) is 17.8 Å². The predicted molar refractivity (Wildman–Crippen MR) is 264 cm³/mol. The Labute approximate surface area is 413 Å². The number of Topliss-reactive ketones (excluding diaryl/α,β-unsaturated/α-hetero) is 1. The van der Waals surface area contributed by atoms with Gasteiger partial charge in [-0.25, -0.2) is 9.59 Å². The number of ketones is 1. The first-order valence-electron chi connectivity index (χ1n) is 24.9. The number of rotatable bonds is 16. The summed E-state index contributed by atoms with van der Waals surface area (Å²) in [5, 5.41) is 7.32. The van der Waals surface area contributed by atoms with Gasteiger partial charge < -0.3 is 33.7 Å². The number of cyclic esters (lactones) is 1. The van der Waals surface area contributed by atoms with E-state index in [2.05, 4.69) is 51.4 Å². The number of amides is 1. The molecule has 16 nitrogen and oxygen atoms in total. The predicted octanol–water partition coefficient (Wildman–Crippen LogP) is 9.06. The van der Waals surface area contributed by atoms with Gasteiger partial charge in [-0.15, -0.1) is 0 Å². The van der Waals surface area contributed by atoms with Gasteiger partial charge in [0.2, 0.25) is 0 Å². The molecule has 70 heavy (non-hydrogen) atoms. The highest BCUT2D eigenvalue weighted by Gasteiger charge is 2.59. The van der Waals surface area contributed by atoms with E-state index in [-0.39, 0.29) is 18.1 Å². The first kappa shape index (κ1) is 54.0. The Morgan fingerprint density at radius 1 is 0.914 bits per heavy atom. The van der Waals surface area contributed by atoms with E-state index >= 15 is 0 Å². The standard InChI is InChI=1S/C54H74N6O10/c1-10-44-54(8)47(60(52(64)70-54)29-21-20-28-57-58-55)39(6)56-32-35(2)31-53(7,65-9)48(37(4)45(61)38(5)49(62)67-44)69-51-46(68-50(63)42-26-18-13-19-27-42)43(30-36(3)66-51)59(33-40-22-14-11-15-23-40)34-41-24-16-12-17-25-41/h11-19,22-27,35-39,43-44,46-48,51,56H,10,20-21,28-34H2,1-9H3/t35-,36?,37+,38-,39-,43?,44-,46?,47-,48-,51+,53-,54-/m1/s1. The Bertz CT molecular complexity index is 2190. The van der Waals surface area contributed by atoms with Crippen molar-refractivity contribution in [2.45, 2.75) is 161 Å². The van der Waals surface area contributed by atoms with Crippen molar-refractivity contribution in [2.24, 2.45) is 22.9 Å². The Hall–Kier alpha value is -5.35. The van der Waals surface area contributed by atoms with E-state index in [1.54, 1.807) is 50.1 Å². The summed E-state index contributed by atoms with van der Waals surface area (Å²) in [6, 6.07) is 27.8. The molecular weight excluding hydrogens is 893 g/mol. The van der Waals surface area contributed by atoms with Gasteiger partial charge in [-0.3, -0.25) is 19.4 Å². The molecule has 3 aliphatic heterocycles. The molecule has 16 heteroatoms.